The van der Waals surface area contributed by atoms with Crippen LogP contribution in [0.3, 0.4) is 0 Å². The van der Waals surface area contributed by atoms with Gasteiger partial charge in [0.1, 0.15) is 5.75 Å². The van der Waals surface area contributed by atoms with Gasteiger partial charge in [-0.3, -0.25) is 4.79 Å². The molecule has 2 aromatic rings. The van der Waals surface area contributed by atoms with Crippen molar-refractivity contribution in [2.45, 2.75) is 13.0 Å². The van der Waals surface area contributed by atoms with Crippen LogP contribution in [0.15, 0.2) is 48.5 Å². The molecule has 0 saturated heterocycles. The monoisotopic (exact) mass is 270 g/mol. The molecule has 4 nitrogen and oxygen atoms in total. The van der Waals surface area contributed by atoms with Crippen LogP contribution in [0.5, 0.6) is 5.75 Å². The van der Waals surface area contributed by atoms with Crippen LogP contribution in [0.25, 0.3) is 0 Å². The molecule has 0 saturated carbocycles. The van der Waals surface area contributed by atoms with Crippen molar-refractivity contribution in [2.75, 3.05) is 12.4 Å². The Labute approximate surface area is 118 Å². The summed E-state index contributed by atoms with van der Waals surface area (Å²) in [4.78, 5) is 11.3. The summed E-state index contributed by atoms with van der Waals surface area (Å²) in [6.07, 6.45) is 0.398. The molecule has 0 heterocycles. The van der Waals surface area contributed by atoms with Crippen molar-refractivity contribution in [3.8, 4) is 5.75 Å². The molecule has 104 valence electrons. The lowest BCUT2D eigenvalue weighted by Gasteiger charge is -2.08. The van der Waals surface area contributed by atoms with E-state index in [-0.39, 0.29) is 11.7 Å². The predicted molar refractivity (Wildman–Crippen MR) is 79.6 cm³/mol. The number of phenols is 1. The lowest BCUT2D eigenvalue weighted by molar-refractivity contribution is -0.119. The average Bonchev–Trinajstić information content (AvgIpc) is 2.48. The Morgan fingerprint density at radius 1 is 1.00 bits per heavy atom. The van der Waals surface area contributed by atoms with Gasteiger partial charge in [-0.1, -0.05) is 24.3 Å². The van der Waals surface area contributed by atoms with Gasteiger partial charge in [-0.25, -0.2) is 0 Å². The lowest BCUT2D eigenvalue weighted by Crippen LogP contribution is -2.19. The smallest absolute Gasteiger partial charge is 0.224 e. The number of hydrogen-bond acceptors (Lipinski definition) is 3. The number of carbonyl (C=O) groups is 1. The number of hydrogen-bond donors (Lipinski definition) is 3. The van der Waals surface area contributed by atoms with Gasteiger partial charge in [0, 0.05) is 19.3 Å². The highest BCUT2D eigenvalue weighted by Gasteiger charge is 2.01. The molecule has 0 radical (unpaired) electrons. The van der Waals surface area contributed by atoms with E-state index < -0.39 is 0 Å². The van der Waals surface area contributed by atoms with Gasteiger partial charge >= 0.3 is 0 Å². The molecular formula is C16H18N2O2. The minimum Gasteiger partial charge on any atom is -0.508 e. The van der Waals surface area contributed by atoms with Crippen molar-refractivity contribution in [1.29, 1.82) is 0 Å². The number of benzene rings is 2. The van der Waals surface area contributed by atoms with Crippen LogP contribution >= 0.6 is 0 Å². The van der Waals surface area contributed by atoms with E-state index in [0.29, 0.717) is 13.0 Å². The number of nitrogens with one attached hydrogen (secondary N) is 2. The highest BCUT2D eigenvalue weighted by Crippen LogP contribution is 2.14. The van der Waals surface area contributed by atoms with Gasteiger partial charge in [0.25, 0.3) is 0 Å². The van der Waals surface area contributed by atoms with Crippen molar-refractivity contribution in [3.63, 3.8) is 0 Å². The summed E-state index contributed by atoms with van der Waals surface area (Å²) in [7, 11) is 1.63. The van der Waals surface area contributed by atoms with E-state index in [2.05, 4.69) is 10.6 Å². The molecule has 0 bridgehead atoms. The van der Waals surface area contributed by atoms with Crippen molar-refractivity contribution >= 4 is 11.6 Å². The van der Waals surface area contributed by atoms with E-state index in [1.54, 1.807) is 19.2 Å². The third-order valence-corrected chi connectivity index (χ3v) is 3.03. The Kier molecular flexibility index (Phi) is 4.60. The van der Waals surface area contributed by atoms with Crippen LogP contribution in [0.1, 0.15) is 11.1 Å². The Morgan fingerprint density at radius 2 is 1.60 bits per heavy atom. The zero-order valence-corrected chi connectivity index (χ0v) is 11.4. The first-order valence-corrected chi connectivity index (χ1v) is 6.48. The molecule has 0 aliphatic rings. The maximum atomic E-state index is 11.3. The molecule has 0 spiro atoms. The third-order valence-electron chi connectivity index (χ3n) is 3.03. The number of rotatable bonds is 5. The third kappa shape index (κ3) is 4.02. The van der Waals surface area contributed by atoms with Gasteiger partial charge in [0.15, 0.2) is 0 Å². The van der Waals surface area contributed by atoms with Crippen LogP contribution in [0, 0.1) is 0 Å². The number of anilines is 1. The lowest BCUT2D eigenvalue weighted by atomic mass is 10.1. The van der Waals surface area contributed by atoms with E-state index >= 15 is 0 Å². The topological polar surface area (TPSA) is 61.4 Å². The molecule has 3 N–H and O–H groups in total. The first kappa shape index (κ1) is 13.9. The molecule has 0 unspecified atom stereocenters. The second kappa shape index (κ2) is 6.61. The molecule has 20 heavy (non-hydrogen) atoms. The number of carbonyl (C=O) groups excluding carboxylic acids is 1. The first-order chi connectivity index (χ1) is 9.67. The highest BCUT2D eigenvalue weighted by atomic mass is 16.3. The van der Waals surface area contributed by atoms with Crippen LogP contribution < -0.4 is 10.6 Å². The zero-order chi connectivity index (χ0) is 14.4. The van der Waals surface area contributed by atoms with E-state index in [4.69, 9.17) is 0 Å². The molecule has 0 aromatic heterocycles. The number of phenolic OH excluding ortho intramolecular Hbond substituents is 1. The molecule has 0 fully saturated rings. The van der Waals surface area contributed by atoms with E-state index in [1.165, 1.54) is 0 Å². The molecule has 4 heteroatoms. The maximum Gasteiger partial charge on any atom is 0.224 e. The van der Waals surface area contributed by atoms with Crippen LogP contribution in [0.4, 0.5) is 5.69 Å². The molecule has 0 aliphatic carbocycles. The fourth-order valence-corrected chi connectivity index (χ4v) is 1.83. The average molecular weight is 270 g/mol. The summed E-state index contributed by atoms with van der Waals surface area (Å²) in [5.74, 6) is 0.280. The van der Waals surface area contributed by atoms with Crippen molar-refractivity contribution in [2.24, 2.45) is 0 Å². The number of amides is 1. The van der Waals surface area contributed by atoms with Gasteiger partial charge in [-0.2, -0.15) is 0 Å². The molecule has 2 aromatic carbocycles. The van der Waals surface area contributed by atoms with Crippen LogP contribution in [-0.2, 0) is 17.8 Å². The van der Waals surface area contributed by atoms with Crippen molar-refractivity contribution in [3.05, 3.63) is 59.7 Å². The van der Waals surface area contributed by atoms with Crippen LogP contribution in [0.2, 0.25) is 0 Å². The highest BCUT2D eigenvalue weighted by molar-refractivity contribution is 5.78. The fourth-order valence-electron chi connectivity index (χ4n) is 1.83. The number of likely N-dealkylation sites (N-methyl/N-ethyl adjacent to an activating group) is 1. The summed E-state index contributed by atoms with van der Waals surface area (Å²) >= 11 is 0. The van der Waals surface area contributed by atoms with E-state index in [0.717, 1.165) is 16.8 Å². The van der Waals surface area contributed by atoms with Gasteiger partial charge in [-0.05, 0) is 35.4 Å². The summed E-state index contributed by atoms with van der Waals surface area (Å²) in [6, 6.07) is 14.9. The van der Waals surface area contributed by atoms with E-state index in [1.807, 2.05) is 36.4 Å². The minimum absolute atomic E-state index is 0.00908. The van der Waals surface area contributed by atoms with Gasteiger partial charge in [-0.15, -0.1) is 0 Å². The summed E-state index contributed by atoms with van der Waals surface area (Å²) in [5.41, 5.74) is 3.08. The van der Waals surface area contributed by atoms with Crippen LogP contribution in [-0.4, -0.2) is 18.1 Å². The Morgan fingerprint density at radius 3 is 2.20 bits per heavy atom. The second-order valence-electron chi connectivity index (χ2n) is 4.57. The Bertz CT molecular complexity index is 562. The second-order valence-corrected chi connectivity index (χ2v) is 4.57. The minimum atomic E-state index is 0.00908. The SMILES string of the molecule is CNC(=O)Cc1ccc(NCc2ccc(O)cc2)cc1. The summed E-state index contributed by atoms with van der Waals surface area (Å²) in [5, 5.41) is 15.1. The molecule has 0 aliphatic heterocycles. The predicted octanol–water partition coefficient (Wildman–Crippen LogP) is 2.29. The van der Waals surface area contributed by atoms with Gasteiger partial charge in [0.05, 0.1) is 6.42 Å². The molecular weight excluding hydrogens is 252 g/mol. The molecule has 2 rings (SSSR count). The normalized spacial score (nSPS) is 10.1. The number of aromatic hydroxyl groups is 1. The van der Waals surface area contributed by atoms with E-state index in [9.17, 15) is 9.90 Å². The quantitative estimate of drug-likeness (QED) is 0.781. The van der Waals surface area contributed by atoms with Crippen molar-refractivity contribution in [1.82, 2.24) is 5.32 Å². The van der Waals surface area contributed by atoms with Gasteiger partial charge in [0.2, 0.25) is 5.91 Å². The summed E-state index contributed by atoms with van der Waals surface area (Å²) < 4.78 is 0. The van der Waals surface area contributed by atoms with Gasteiger partial charge < -0.3 is 15.7 Å². The molecule has 1 amide bonds. The zero-order valence-electron chi connectivity index (χ0n) is 11.4. The summed E-state index contributed by atoms with van der Waals surface area (Å²) in [6.45, 7) is 0.690. The standard InChI is InChI=1S/C16H18N2O2/c1-17-16(20)10-12-2-6-14(7-3-12)18-11-13-4-8-15(19)9-5-13/h2-9,18-19H,10-11H2,1H3,(H,17,20). The van der Waals surface area contributed by atoms with Crippen molar-refractivity contribution < 1.29 is 9.90 Å². The largest absolute Gasteiger partial charge is 0.508 e. The Balaban J connectivity index is 1.90. The maximum absolute atomic E-state index is 11.3. The molecule has 0 atom stereocenters. The fraction of sp³-hybridized carbons (Fsp3) is 0.188. The first-order valence-electron chi connectivity index (χ1n) is 6.48. The Hall–Kier alpha value is -2.49.